The number of aliphatic hydroxyl groups excluding tert-OH is 1. The Hall–Kier alpha value is -1.43. The first-order valence-electron chi connectivity index (χ1n) is 8.49. The van der Waals surface area contributed by atoms with E-state index in [2.05, 4.69) is 5.32 Å². The lowest BCUT2D eigenvalue weighted by atomic mass is 9.87. The van der Waals surface area contributed by atoms with E-state index in [9.17, 15) is 9.90 Å². The second-order valence-electron chi connectivity index (χ2n) is 6.37. The zero-order valence-corrected chi connectivity index (χ0v) is 13.3. The van der Waals surface area contributed by atoms with Crippen molar-refractivity contribution in [3.63, 3.8) is 0 Å². The maximum atomic E-state index is 12.1. The summed E-state index contributed by atoms with van der Waals surface area (Å²) in [6.45, 7) is 1.91. The fraction of sp³-hybridized carbons (Fsp3) is 0.611. The fourth-order valence-corrected chi connectivity index (χ4v) is 3.45. The highest BCUT2D eigenvalue weighted by Gasteiger charge is 2.47. The quantitative estimate of drug-likeness (QED) is 0.616. The van der Waals surface area contributed by atoms with Crippen LogP contribution >= 0.6 is 0 Å². The van der Waals surface area contributed by atoms with Crippen molar-refractivity contribution in [2.75, 3.05) is 13.2 Å². The van der Waals surface area contributed by atoms with E-state index in [1.165, 1.54) is 0 Å². The standard InChI is InChI=1S/C18H25NO4/c20-17-15(9-11-22-12-13-6-2-1-3-7-13)23-18(21)16(17)14-8-4-5-10-19-14/h1-3,6-7,14-17,19-20H,4-5,8-12H2/t14-,15?,16-,17-/m1/s1. The summed E-state index contributed by atoms with van der Waals surface area (Å²) in [6, 6.07) is 9.98. The first-order chi connectivity index (χ1) is 11.3. The number of hydrogen-bond acceptors (Lipinski definition) is 5. The third kappa shape index (κ3) is 4.10. The van der Waals surface area contributed by atoms with Gasteiger partial charge in [-0.3, -0.25) is 4.79 Å². The number of nitrogens with one attached hydrogen (secondary N) is 1. The van der Waals surface area contributed by atoms with Crippen LogP contribution in [0.3, 0.4) is 0 Å². The summed E-state index contributed by atoms with van der Waals surface area (Å²) in [5.74, 6) is -0.709. The van der Waals surface area contributed by atoms with Gasteiger partial charge in [-0.05, 0) is 24.9 Å². The van der Waals surface area contributed by atoms with Crippen LogP contribution in [0.4, 0.5) is 0 Å². The minimum absolute atomic E-state index is 0.0430. The third-order valence-corrected chi connectivity index (χ3v) is 4.73. The molecular weight excluding hydrogens is 294 g/mol. The number of ether oxygens (including phenoxy) is 2. The largest absolute Gasteiger partial charge is 0.459 e. The van der Waals surface area contributed by atoms with Gasteiger partial charge in [0.1, 0.15) is 18.1 Å². The Bertz CT molecular complexity index is 501. The van der Waals surface area contributed by atoms with Gasteiger partial charge in [0.2, 0.25) is 0 Å². The predicted octanol–water partition coefficient (Wildman–Crippen LogP) is 1.64. The minimum atomic E-state index is -0.738. The van der Waals surface area contributed by atoms with E-state index < -0.39 is 18.1 Å². The smallest absolute Gasteiger partial charge is 0.313 e. The Balaban J connectivity index is 1.44. The molecule has 0 aliphatic carbocycles. The summed E-state index contributed by atoms with van der Waals surface area (Å²) in [5.41, 5.74) is 1.11. The Kier molecular flexibility index (Phi) is 5.65. The number of carbonyl (C=O) groups excluding carboxylic acids is 1. The Morgan fingerprint density at radius 2 is 2.09 bits per heavy atom. The summed E-state index contributed by atoms with van der Waals surface area (Å²) in [4.78, 5) is 12.1. The second-order valence-corrected chi connectivity index (χ2v) is 6.37. The van der Waals surface area contributed by atoms with E-state index in [0.717, 1.165) is 31.4 Å². The number of benzene rings is 1. The molecule has 2 aliphatic heterocycles. The minimum Gasteiger partial charge on any atom is -0.459 e. The van der Waals surface area contributed by atoms with Crippen molar-refractivity contribution in [2.45, 2.75) is 50.5 Å². The lowest BCUT2D eigenvalue weighted by molar-refractivity contribution is -0.145. The summed E-state index contributed by atoms with van der Waals surface area (Å²) >= 11 is 0. The molecule has 4 atom stereocenters. The molecule has 0 saturated carbocycles. The summed E-state index contributed by atoms with van der Waals surface area (Å²) in [5, 5.41) is 13.8. The fourth-order valence-electron chi connectivity index (χ4n) is 3.45. The van der Waals surface area contributed by atoms with Crippen molar-refractivity contribution in [2.24, 2.45) is 5.92 Å². The maximum Gasteiger partial charge on any atom is 0.313 e. The second kappa shape index (κ2) is 7.90. The van der Waals surface area contributed by atoms with Crippen molar-refractivity contribution in [3.05, 3.63) is 35.9 Å². The van der Waals surface area contributed by atoms with Crippen LogP contribution in [-0.4, -0.2) is 42.5 Å². The molecule has 1 aromatic carbocycles. The first-order valence-corrected chi connectivity index (χ1v) is 8.49. The Morgan fingerprint density at radius 3 is 2.83 bits per heavy atom. The van der Waals surface area contributed by atoms with Gasteiger partial charge >= 0.3 is 5.97 Å². The summed E-state index contributed by atoms with van der Waals surface area (Å²) in [7, 11) is 0. The molecule has 0 spiro atoms. The van der Waals surface area contributed by atoms with Gasteiger partial charge in [-0.1, -0.05) is 36.8 Å². The third-order valence-electron chi connectivity index (χ3n) is 4.73. The molecule has 0 amide bonds. The number of aliphatic hydroxyl groups is 1. The summed E-state index contributed by atoms with van der Waals surface area (Å²) in [6.07, 6.45) is 2.49. The zero-order chi connectivity index (χ0) is 16.1. The topological polar surface area (TPSA) is 67.8 Å². The van der Waals surface area contributed by atoms with Gasteiger partial charge in [0.15, 0.2) is 0 Å². The maximum absolute atomic E-state index is 12.1. The van der Waals surface area contributed by atoms with E-state index in [-0.39, 0.29) is 12.0 Å². The van der Waals surface area contributed by atoms with Gasteiger partial charge in [0.25, 0.3) is 0 Å². The van der Waals surface area contributed by atoms with E-state index in [4.69, 9.17) is 9.47 Å². The average molecular weight is 319 g/mol. The van der Waals surface area contributed by atoms with Gasteiger partial charge in [0.05, 0.1) is 13.2 Å². The van der Waals surface area contributed by atoms with E-state index >= 15 is 0 Å². The molecule has 0 radical (unpaired) electrons. The molecule has 5 nitrogen and oxygen atoms in total. The van der Waals surface area contributed by atoms with E-state index in [0.29, 0.717) is 19.6 Å². The lowest BCUT2D eigenvalue weighted by Gasteiger charge is -2.28. The molecular formula is C18H25NO4. The Labute approximate surface area is 137 Å². The van der Waals surface area contributed by atoms with Crippen molar-refractivity contribution in [1.29, 1.82) is 0 Å². The van der Waals surface area contributed by atoms with Crippen LogP contribution in [0, 0.1) is 5.92 Å². The molecule has 0 bridgehead atoms. The molecule has 1 unspecified atom stereocenters. The number of carbonyl (C=O) groups is 1. The highest BCUT2D eigenvalue weighted by atomic mass is 16.6. The number of cyclic esters (lactones) is 1. The van der Waals surface area contributed by atoms with E-state index in [1.807, 2.05) is 30.3 Å². The van der Waals surface area contributed by atoms with Crippen molar-refractivity contribution in [3.8, 4) is 0 Å². The van der Waals surface area contributed by atoms with Gasteiger partial charge < -0.3 is 19.9 Å². The van der Waals surface area contributed by atoms with Crippen molar-refractivity contribution < 1.29 is 19.4 Å². The van der Waals surface area contributed by atoms with Crippen molar-refractivity contribution in [1.82, 2.24) is 5.32 Å². The van der Waals surface area contributed by atoms with Crippen LogP contribution in [-0.2, 0) is 20.9 Å². The molecule has 23 heavy (non-hydrogen) atoms. The zero-order valence-electron chi connectivity index (χ0n) is 13.3. The van der Waals surface area contributed by atoms with Crippen LogP contribution < -0.4 is 5.32 Å². The molecule has 2 heterocycles. The monoisotopic (exact) mass is 319 g/mol. The normalized spacial score (nSPS) is 31.1. The predicted molar refractivity (Wildman–Crippen MR) is 85.7 cm³/mol. The molecule has 3 rings (SSSR count). The summed E-state index contributed by atoms with van der Waals surface area (Å²) < 4.78 is 11.0. The number of rotatable bonds is 6. The van der Waals surface area contributed by atoms with Gasteiger partial charge in [-0.25, -0.2) is 0 Å². The van der Waals surface area contributed by atoms with Gasteiger partial charge in [-0.15, -0.1) is 0 Å². The average Bonchev–Trinajstić information content (AvgIpc) is 2.87. The van der Waals surface area contributed by atoms with Crippen LogP contribution in [0.25, 0.3) is 0 Å². The molecule has 2 fully saturated rings. The Morgan fingerprint density at radius 1 is 1.26 bits per heavy atom. The highest BCUT2D eigenvalue weighted by Crippen LogP contribution is 2.30. The van der Waals surface area contributed by atoms with Crippen LogP contribution in [0.5, 0.6) is 0 Å². The van der Waals surface area contributed by atoms with Gasteiger partial charge in [-0.2, -0.15) is 0 Å². The van der Waals surface area contributed by atoms with Crippen LogP contribution in [0.2, 0.25) is 0 Å². The molecule has 2 aliphatic rings. The highest BCUT2D eigenvalue weighted by molar-refractivity contribution is 5.76. The van der Waals surface area contributed by atoms with E-state index in [1.54, 1.807) is 0 Å². The SMILES string of the molecule is O=C1OC(CCOCc2ccccc2)[C@@H](O)[C@H]1[C@H]1CCCCN1. The number of piperidine rings is 1. The van der Waals surface area contributed by atoms with Crippen LogP contribution in [0.1, 0.15) is 31.2 Å². The van der Waals surface area contributed by atoms with Gasteiger partial charge in [0, 0.05) is 12.5 Å². The number of esters is 1. The van der Waals surface area contributed by atoms with Crippen molar-refractivity contribution >= 4 is 5.97 Å². The van der Waals surface area contributed by atoms with Crippen LogP contribution in [0.15, 0.2) is 30.3 Å². The number of hydrogen-bond donors (Lipinski definition) is 2. The molecule has 126 valence electrons. The lowest BCUT2D eigenvalue weighted by Crippen LogP contribution is -2.46. The molecule has 2 saturated heterocycles. The first kappa shape index (κ1) is 16.4. The molecule has 0 aromatic heterocycles. The molecule has 2 N–H and O–H groups in total. The molecule has 1 aromatic rings. The molecule has 5 heteroatoms.